The molecule has 3 aromatic rings. The van der Waals surface area contributed by atoms with Gasteiger partial charge in [-0.05, 0) is 43.0 Å². The topological polar surface area (TPSA) is 54.7 Å². The van der Waals surface area contributed by atoms with Gasteiger partial charge in [-0.3, -0.25) is 5.10 Å². The van der Waals surface area contributed by atoms with Gasteiger partial charge in [-0.25, -0.2) is 0 Å². The Hall–Kier alpha value is -2.55. The Labute approximate surface area is 124 Å². The van der Waals surface area contributed by atoms with Gasteiger partial charge in [0.05, 0.1) is 11.3 Å². The van der Waals surface area contributed by atoms with Crippen molar-refractivity contribution in [2.24, 2.45) is 0 Å². The summed E-state index contributed by atoms with van der Waals surface area (Å²) in [6.07, 6.45) is 0. The summed E-state index contributed by atoms with van der Waals surface area (Å²) in [6, 6.07) is 14.5. The number of rotatable bonds is 2. The van der Waals surface area contributed by atoms with Gasteiger partial charge < -0.3 is 5.73 Å². The Bertz CT molecular complexity index is 780. The van der Waals surface area contributed by atoms with E-state index in [-0.39, 0.29) is 0 Å². The van der Waals surface area contributed by atoms with Crippen molar-refractivity contribution in [2.45, 2.75) is 20.8 Å². The van der Waals surface area contributed by atoms with Crippen LogP contribution in [0.15, 0.2) is 42.5 Å². The SMILES string of the molecule is Cc1ccccc1-c1c(N)n[nH]c1-c1c(C)cccc1C. The molecule has 3 heteroatoms. The van der Waals surface area contributed by atoms with E-state index in [2.05, 4.69) is 61.3 Å². The molecule has 0 unspecified atom stereocenters. The van der Waals surface area contributed by atoms with E-state index < -0.39 is 0 Å². The minimum absolute atomic E-state index is 0.543. The molecule has 0 amide bonds. The largest absolute Gasteiger partial charge is 0.382 e. The molecule has 1 aromatic heterocycles. The number of aromatic nitrogens is 2. The highest BCUT2D eigenvalue weighted by Gasteiger charge is 2.18. The van der Waals surface area contributed by atoms with Crippen molar-refractivity contribution in [3.63, 3.8) is 0 Å². The van der Waals surface area contributed by atoms with Gasteiger partial charge in [0.25, 0.3) is 0 Å². The quantitative estimate of drug-likeness (QED) is 0.735. The molecular formula is C18H19N3. The smallest absolute Gasteiger partial charge is 0.153 e. The first-order valence-corrected chi connectivity index (χ1v) is 7.06. The van der Waals surface area contributed by atoms with Crippen molar-refractivity contribution in [2.75, 3.05) is 5.73 Å². The fraction of sp³-hybridized carbons (Fsp3) is 0.167. The first kappa shape index (κ1) is 13.4. The highest BCUT2D eigenvalue weighted by atomic mass is 15.2. The van der Waals surface area contributed by atoms with Crippen LogP contribution in [0.25, 0.3) is 22.4 Å². The molecule has 2 aromatic carbocycles. The molecule has 0 atom stereocenters. The highest BCUT2D eigenvalue weighted by Crippen LogP contribution is 2.38. The van der Waals surface area contributed by atoms with Crippen molar-refractivity contribution in [3.8, 4) is 22.4 Å². The minimum atomic E-state index is 0.543. The van der Waals surface area contributed by atoms with Gasteiger partial charge in [0.2, 0.25) is 0 Å². The normalized spacial score (nSPS) is 10.8. The van der Waals surface area contributed by atoms with Gasteiger partial charge >= 0.3 is 0 Å². The van der Waals surface area contributed by atoms with Crippen LogP contribution in [0.5, 0.6) is 0 Å². The average Bonchev–Trinajstić information content (AvgIpc) is 2.81. The van der Waals surface area contributed by atoms with Crippen LogP contribution in [-0.4, -0.2) is 10.2 Å². The number of nitrogens with zero attached hydrogens (tertiary/aromatic N) is 1. The van der Waals surface area contributed by atoms with E-state index in [0.29, 0.717) is 5.82 Å². The molecule has 0 spiro atoms. The van der Waals surface area contributed by atoms with Crippen molar-refractivity contribution in [1.29, 1.82) is 0 Å². The number of benzene rings is 2. The molecule has 3 N–H and O–H groups in total. The maximum atomic E-state index is 6.14. The number of aromatic amines is 1. The summed E-state index contributed by atoms with van der Waals surface area (Å²) in [5.74, 6) is 0.543. The molecule has 0 saturated carbocycles. The second-order valence-corrected chi connectivity index (χ2v) is 5.44. The third kappa shape index (κ3) is 2.21. The fourth-order valence-corrected chi connectivity index (χ4v) is 2.87. The van der Waals surface area contributed by atoms with Gasteiger partial charge in [0.1, 0.15) is 0 Å². The number of nitrogen functional groups attached to an aromatic ring is 1. The third-order valence-electron chi connectivity index (χ3n) is 3.94. The molecule has 0 fully saturated rings. The number of nitrogens with two attached hydrogens (primary N) is 1. The maximum absolute atomic E-state index is 6.14. The van der Waals surface area contributed by atoms with E-state index >= 15 is 0 Å². The number of nitrogens with one attached hydrogen (secondary N) is 1. The molecule has 0 aliphatic carbocycles. The second kappa shape index (κ2) is 5.09. The van der Waals surface area contributed by atoms with Crippen molar-refractivity contribution >= 4 is 5.82 Å². The van der Waals surface area contributed by atoms with E-state index in [1.165, 1.54) is 22.3 Å². The molecule has 21 heavy (non-hydrogen) atoms. The lowest BCUT2D eigenvalue weighted by molar-refractivity contribution is 1.10. The summed E-state index contributed by atoms with van der Waals surface area (Å²) in [5.41, 5.74) is 14.1. The Balaban J connectivity index is 2.31. The van der Waals surface area contributed by atoms with E-state index in [9.17, 15) is 0 Å². The van der Waals surface area contributed by atoms with Crippen LogP contribution in [0.2, 0.25) is 0 Å². The van der Waals surface area contributed by atoms with Gasteiger partial charge in [0, 0.05) is 5.56 Å². The van der Waals surface area contributed by atoms with Crippen molar-refractivity contribution < 1.29 is 0 Å². The predicted octanol–water partition coefficient (Wildman–Crippen LogP) is 4.25. The third-order valence-corrected chi connectivity index (χ3v) is 3.94. The molecule has 106 valence electrons. The van der Waals surface area contributed by atoms with E-state index in [1.807, 2.05) is 12.1 Å². The van der Waals surface area contributed by atoms with Gasteiger partial charge in [-0.1, -0.05) is 42.5 Å². The van der Waals surface area contributed by atoms with Crippen LogP contribution in [-0.2, 0) is 0 Å². The standard InChI is InChI=1S/C18H19N3/c1-11-7-4-5-10-14(11)16-17(20-21-18(16)19)15-12(2)8-6-9-13(15)3/h4-10H,1-3H3,(H3,19,20,21). The van der Waals surface area contributed by atoms with Crippen LogP contribution >= 0.6 is 0 Å². The fourth-order valence-electron chi connectivity index (χ4n) is 2.87. The molecule has 0 radical (unpaired) electrons. The van der Waals surface area contributed by atoms with Crippen LogP contribution < -0.4 is 5.73 Å². The van der Waals surface area contributed by atoms with E-state index in [0.717, 1.165) is 16.8 Å². The molecule has 3 nitrogen and oxygen atoms in total. The molecule has 0 bridgehead atoms. The maximum Gasteiger partial charge on any atom is 0.153 e. The van der Waals surface area contributed by atoms with Gasteiger partial charge in [-0.2, -0.15) is 5.10 Å². The van der Waals surface area contributed by atoms with Gasteiger partial charge in [-0.15, -0.1) is 0 Å². The lowest BCUT2D eigenvalue weighted by atomic mass is 9.93. The summed E-state index contributed by atoms with van der Waals surface area (Å²) < 4.78 is 0. The Morgan fingerprint density at radius 1 is 0.810 bits per heavy atom. The summed E-state index contributed by atoms with van der Waals surface area (Å²) >= 11 is 0. The first-order chi connectivity index (χ1) is 10.1. The summed E-state index contributed by atoms with van der Waals surface area (Å²) in [5, 5.41) is 7.37. The number of hydrogen-bond acceptors (Lipinski definition) is 2. The van der Waals surface area contributed by atoms with E-state index in [4.69, 9.17) is 5.73 Å². The van der Waals surface area contributed by atoms with E-state index in [1.54, 1.807) is 0 Å². The van der Waals surface area contributed by atoms with Crippen LogP contribution in [0.4, 0.5) is 5.82 Å². The molecule has 0 aliphatic rings. The zero-order chi connectivity index (χ0) is 15.0. The molecular weight excluding hydrogens is 258 g/mol. The van der Waals surface area contributed by atoms with Crippen molar-refractivity contribution in [3.05, 3.63) is 59.2 Å². The Morgan fingerprint density at radius 2 is 1.43 bits per heavy atom. The van der Waals surface area contributed by atoms with Crippen molar-refractivity contribution in [1.82, 2.24) is 10.2 Å². The zero-order valence-corrected chi connectivity index (χ0v) is 12.6. The Kier molecular flexibility index (Phi) is 3.26. The lowest BCUT2D eigenvalue weighted by Gasteiger charge is -2.12. The molecule has 1 heterocycles. The summed E-state index contributed by atoms with van der Waals surface area (Å²) in [7, 11) is 0. The predicted molar refractivity (Wildman–Crippen MR) is 88.1 cm³/mol. The van der Waals surface area contributed by atoms with Gasteiger partial charge in [0.15, 0.2) is 5.82 Å². The highest BCUT2D eigenvalue weighted by molar-refractivity contribution is 5.90. The molecule has 0 saturated heterocycles. The van der Waals surface area contributed by atoms with Crippen LogP contribution in [0, 0.1) is 20.8 Å². The summed E-state index contributed by atoms with van der Waals surface area (Å²) in [4.78, 5) is 0. The first-order valence-electron chi connectivity index (χ1n) is 7.06. The van der Waals surface area contributed by atoms with Crippen LogP contribution in [0.3, 0.4) is 0 Å². The lowest BCUT2D eigenvalue weighted by Crippen LogP contribution is -1.93. The number of aryl methyl sites for hydroxylation is 3. The molecule has 3 rings (SSSR count). The Morgan fingerprint density at radius 3 is 2.10 bits per heavy atom. The number of H-pyrrole nitrogens is 1. The average molecular weight is 277 g/mol. The molecule has 0 aliphatic heterocycles. The second-order valence-electron chi connectivity index (χ2n) is 5.44. The van der Waals surface area contributed by atoms with Crippen LogP contribution in [0.1, 0.15) is 16.7 Å². The number of hydrogen-bond donors (Lipinski definition) is 2. The zero-order valence-electron chi connectivity index (χ0n) is 12.6. The number of anilines is 1. The monoisotopic (exact) mass is 277 g/mol. The minimum Gasteiger partial charge on any atom is -0.382 e. The summed E-state index contributed by atoms with van der Waals surface area (Å²) in [6.45, 7) is 6.32.